The predicted molar refractivity (Wildman–Crippen MR) is 177 cm³/mol. The van der Waals surface area contributed by atoms with Gasteiger partial charge in [-0.15, -0.1) is 0 Å². The van der Waals surface area contributed by atoms with E-state index < -0.39 is 28.8 Å². The van der Waals surface area contributed by atoms with E-state index in [4.69, 9.17) is 16.2 Å². The van der Waals surface area contributed by atoms with Crippen molar-refractivity contribution in [2.45, 2.75) is 64.1 Å². The van der Waals surface area contributed by atoms with Gasteiger partial charge in [-0.05, 0) is 63.4 Å². The fourth-order valence-electron chi connectivity index (χ4n) is 5.79. The van der Waals surface area contributed by atoms with E-state index in [1.165, 1.54) is 6.07 Å². The van der Waals surface area contributed by atoms with Crippen molar-refractivity contribution in [3.8, 4) is 11.5 Å². The third-order valence-corrected chi connectivity index (χ3v) is 8.32. The summed E-state index contributed by atoms with van der Waals surface area (Å²) in [6, 6.07) is 15.9. The molecule has 0 fully saturated rings. The Morgan fingerprint density at radius 3 is 2.50 bits per heavy atom. The number of nitrogens with zero attached hydrogens (tertiary/aromatic N) is 5. The molecule has 1 amide bonds. The van der Waals surface area contributed by atoms with Gasteiger partial charge in [-0.3, -0.25) is 9.59 Å². The minimum atomic E-state index is -1.36. The maximum absolute atomic E-state index is 14.5. The maximum atomic E-state index is 14.5. The summed E-state index contributed by atoms with van der Waals surface area (Å²) >= 11 is 0. The number of halogens is 1. The van der Waals surface area contributed by atoms with Crippen molar-refractivity contribution in [1.29, 1.82) is 0 Å². The Morgan fingerprint density at radius 2 is 1.79 bits per heavy atom. The van der Waals surface area contributed by atoms with E-state index in [1.54, 1.807) is 75.0 Å². The van der Waals surface area contributed by atoms with Gasteiger partial charge < -0.3 is 21.5 Å². The Morgan fingerprint density at radius 1 is 1.06 bits per heavy atom. The van der Waals surface area contributed by atoms with E-state index in [9.17, 15) is 18.8 Å². The van der Waals surface area contributed by atoms with Crippen LogP contribution in [0.4, 0.5) is 16.0 Å². The van der Waals surface area contributed by atoms with Crippen molar-refractivity contribution in [3.05, 3.63) is 94.9 Å². The Bertz CT molecular complexity index is 2070. The number of hydrogen-bond acceptors (Lipinski definition) is 10. The third-order valence-electron chi connectivity index (χ3n) is 8.32. The van der Waals surface area contributed by atoms with Crippen LogP contribution in [0.25, 0.3) is 22.6 Å². The summed E-state index contributed by atoms with van der Waals surface area (Å²) in [4.78, 5) is 52.0. The number of anilines is 2. The molecule has 0 radical (unpaired) electrons. The van der Waals surface area contributed by atoms with Crippen LogP contribution in [0.1, 0.15) is 56.4 Å². The van der Waals surface area contributed by atoms with Gasteiger partial charge in [0, 0.05) is 18.2 Å². The van der Waals surface area contributed by atoms with Crippen LogP contribution in [0.3, 0.4) is 0 Å². The number of pyridine rings is 1. The summed E-state index contributed by atoms with van der Waals surface area (Å²) < 4.78 is 21.3. The lowest BCUT2D eigenvalue weighted by Crippen LogP contribution is -2.43. The number of ketones is 1. The number of nitrogen functional groups attached to an aromatic ring is 1. The number of benzene rings is 2. The summed E-state index contributed by atoms with van der Waals surface area (Å²) in [7, 11) is 0. The average molecular weight is 651 g/mol. The van der Waals surface area contributed by atoms with Crippen LogP contribution in [-0.4, -0.2) is 54.0 Å². The minimum absolute atomic E-state index is 0.0458. The zero-order valence-electron chi connectivity index (χ0n) is 27.0. The summed E-state index contributed by atoms with van der Waals surface area (Å²) in [5.74, 6) is -1.33. The second kappa shape index (κ2) is 12.2. The standard InChI is InChI=1S/C35H35FN8O4/c1-34(2,3)48-32(46)26(37)24(45)16-13-19-11-14-21(15-12-19)35(4)25-28(38)40-30(41-29(25)42-33(35)47)27-22-9-7-17-39-31(22)44(43-27)18-20-8-5-6-10-23(20)36/h5-12,14-15,17,26H,13,16,18,37H2,1-4H3,(H3,38,40,41,42,47)/t26-,35?/m0/s1. The first-order valence-corrected chi connectivity index (χ1v) is 15.4. The monoisotopic (exact) mass is 650 g/mol. The second-order valence-corrected chi connectivity index (χ2v) is 12.9. The van der Waals surface area contributed by atoms with Crippen LogP contribution in [0.15, 0.2) is 66.9 Å². The number of carbonyl (C=O) groups is 3. The molecule has 2 aromatic carbocycles. The molecule has 0 spiro atoms. The first kappa shape index (κ1) is 32.4. The molecule has 48 heavy (non-hydrogen) atoms. The fourth-order valence-corrected chi connectivity index (χ4v) is 5.79. The van der Waals surface area contributed by atoms with Gasteiger partial charge >= 0.3 is 5.97 Å². The van der Waals surface area contributed by atoms with Crippen molar-refractivity contribution >= 4 is 40.3 Å². The number of amides is 1. The molecule has 2 atom stereocenters. The van der Waals surface area contributed by atoms with Crippen molar-refractivity contribution in [2.24, 2.45) is 5.73 Å². The maximum Gasteiger partial charge on any atom is 0.331 e. The highest BCUT2D eigenvalue weighted by atomic mass is 19.1. The molecule has 0 saturated heterocycles. The molecule has 0 aliphatic carbocycles. The lowest BCUT2D eigenvalue weighted by Gasteiger charge is -2.24. The number of nitrogens with one attached hydrogen (secondary N) is 1. The number of esters is 1. The van der Waals surface area contributed by atoms with Gasteiger partial charge in [0.25, 0.3) is 0 Å². The molecule has 13 heteroatoms. The fraction of sp³-hybridized carbons (Fsp3) is 0.286. The number of fused-ring (bicyclic) bond motifs is 2. The topological polar surface area (TPSA) is 181 Å². The molecule has 0 bridgehead atoms. The van der Waals surface area contributed by atoms with Gasteiger partial charge in [-0.1, -0.05) is 42.5 Å². The molecular weight excluding hydrogens is 615 g/mol. The summed E-state index contributed by atoms with van der Waals surface area (Å²) in [5, 5.41) is 8.19. The number of aryl methyl sites for hydroxylation is 1. The SMILES string of the molecule is CC(C)(C)OC(=O)[C@@H](N)C(=O)CCc1ccc(C2(C)C(=O)Nc3nc(-c4nn(Cc5ccccc5F)c5ncccc45)nc(N)c32)cc1. The van der Waals surface area contributed by atoms with Crippen LogP contribution in [0, 0.1) is 5.82 Å². The second-order valence-electron chi connectivity index (χ2n) is 12.9. The van der Waals surface area contributed by atoms with Crippen LogP contribution in [0.5, 0.6) is 0 Å². The Labute approximate surface area is 275 Å². The lowest BCUT2D eigenvalue weighted by atomic mass is 9.77. The van der Waals surface area contributed by atoms with E-state index in [1.807, 2.05) is 18.2 Å². The number of hydrogen-bond donors (Lipinski definition) is 3. The van der Waals surface area contributed by atoms with Crippen molar-refractivity contribution in [2.75, 3.05) is 11.1 Å². The number of ether oxygens (including phenoxy) is 1. The van der Waals surface area contributed by atoms with E-state index in [2.05, 4.69) is 25.4 Å². The van der Waals surface area contributed by atoms with E-state index in [0.29, 0.717) is 39.8 Å². The molecule has 1 unspecified atom stereocenters. The highest BCUT2D eigenvalue weighted by molar-refractivity contribution is 6.09. The first-order valence-electron chi connectivity index (χ1n) is 15.4. The minimum Gasteiger partial charge on any atom is -0.458 e. The summed E-state index contributed by atoms with van der Waals surface area (Å²) in [6.07, 6.45) is 2.01. The quantitative estimate of drug-likeness (QED) is 0.155. The number of nitrogens with two attached hydrogens (primary N) is 2. The van der Waals surface area contributed by atoms with Gasteiger partial charge in [0.15, 0.2) is 23.3 Å². The van der Waals surface area contributed by atoms with Crippen LogP contribution in [0.2, 0.25) is 0 Å². The van der Waals surface area contributed by atoms with Gasteiger partial charge in [0.1, 0.15) is 34.2 Å². The third kappa shape index (κ3) is 5.99. The molecule has 6 rings (SSSR count). The van der Waals surface area contributed by atoms with E-state index >= 15 is 0 Å². The van der Waals surface area contributed by atoms with Gasteiger partial charge in [0.2, 0.25) is 5.91 Å². The number of aromatic nitrogens is 5. The van der Waals surface area contributed by atoms with Crippen LogP contribution in [-0.2, 0) is 37.5 Å². The Balaban J connectivity index is 1.25. The van der Waals surface area contributed by atoms with E-state index in [0.717, 1.165) is 5.56 Å². The molecule has 246 valence electrons. The molecular formula is C35H35FN8O4. The molecule has 4 heterocycles. The molecule has 5 N–H and O–H groups in total. The predicted octanol–water partition coefficient (Wildman–Crippen LogP) is 4.09. The average Bonchev–Trinajstić information content (AvgIpc) is 3.54. The molecule has 5 aromatic rings. The number of Topliss-reactive ketones (excluding diaryl/α,β-unsaturated/α-hetero) is 1. The first-order chi connectivity index (χ1) is 22.8. The number of rotatable bonds is 9. The largest absolute Gasteiger partial charge is 0.458 e. The zero-order chi connectivity index (χ0) is 34.4. The van der Waals surface area contributed by atoms with E-state index in [-0.39, 0.29) is 42.2 Å². The van der Waals surface area contributed by atoms with Crippen molar-refractivity contribution in [3.63, 3.8) is 0 Å². The molecule has 3 aromatic heterocycles. The molecule has 0 saturated carbocycles. The van der Waals surface area contributed by atoms with Crippen molar-refractivity contribution < 1.29 is 23.5 Å². The Hall–Kier alpha value is -5.56. The molecule has 1 aliphatic heterocycles. The summed E-state index contributed by atoms with van der Waals surface area (Å²) in [6.45, 7) is 7.00. The van der Waals surface area contributed by atoms with Crippen LogP contribution < -0.4 is 16.8 Å². The highest BCUT2D eigenvalue weighted by Gasteiger charge is 2.47. The highest BCUT2D eigenvalue weighted by Crippen LogP contribution is 2.45. The normalized spacial score (nSPS) is 16.4. The van der Waals surface area contributed by atoms with Crippen LogP contribution >= 0.6 is 0 Å². The zero-order valence-corrected chi connectivity index (χ0v) is 27.0. The molecule has 12 nitrogen and oxygen atoms in total. The lowest BCUT2D eigenvalue weighted by molar-refractivity contribution is -0.158. The van der Waals surface area contributed by atoms with Gasteiger partial charge in [-0.25, -0.2) is 28.8 Å². The Kier molecular flexibility index (Phi) is 8.25. The smallest absolute Gasteiger partial charge is 0.331 e. The van der Waals surface area contributed by atoms with Gasteiger partial charge in [0.05, 0.1) is 17.5 Å². The molecule has 1 aliphatic rings. The summed E-state index contributed by atoms with van der Waals surface area (Å²) in [5.41, 5.74) is 13.7. The van der Waals surface area contributed by atoms with Gasteiger partial charge in [-0.2, -0.15) is 5.10 Å². The van der Waals surface area contributed by atoms with Crippen molar-refractivity contribution in [1.82, 2.24) is 24.7 Å². The number of carbonyl (C=O) groups excluding carboxylic acids is 3.